The van der Waals surface area contributed by atoms with Crippen LogP contribution in [0.2, 0.25) is 0 Å². The molecule has 1 aromatic rings. The van der Waals surface area contributed by atoms with E-state index in [0.29, 0.717) is 6.10 Å². The van der Waals surface area contributed by atoms with Crippen LogP contribution in [0.4, 0.5) is 0 Å². The molecular weight excluding hydrogens is 242 g/mol. The van der Waals surface area contributed by atoms with Crippen LogP contribution < -0.4 is 5.32 Å². The number of aryl methyl sites for hydroxylation is 2. The van der Waals surface area contributed by atoms with Crippen molar-refractivity contribution in [3.05, 3.63) is 29.3 Å². The Morgan fingerprint density at radius 3 is 3.06 bits per heavy atom. The summed E-state index contributed by atoms with van der Waals surface area (Å²) in [4.78, 5) is 1.41. The quantitative estimate of drug-likeness (QED) is 0.630. The molecule has 18 heavy (non-hydrogen) atoms. The predicted octanol–water partition coefficient (Wildman–Crippen LogP) is 3.16. The van der Waals surface area contributed by atoms with E-state index >= 15 is 0 Å². The van der Waals surface area contributed by atoms with Crippen molar-refractivity contribution in [2.75, 3.05) is 25.4 Å². The lowest BCUT2D eigenvalue weighted by Gasteiger charge is -2.11. The van der Waals surface area contributed by atoms with Crippen molar-refractivity contribution in [3.8, 4) is 0 Å². The van der Waals surface area contributed by atoms with Gasteiger partial charge in [-0.2, -0.15) is 0 Å². The van der Waals surface area contributed by atoms with Gasteiger partial charge in [-0.05, 0) is 38.3 Å². The lowest BCUT2D eigenvalue weighted by molar-refractivity contribution is 0.110. The van der Waals surface area contributed by atoms with Crippen LogP contribution in [0.5, 0.6) is 0 Å². The van der Waals surface area contributed by atoms with Gasteiger partial charge in [-0.3, -0.25) is 0 Å². The summed E-state index contributed by atoms with van der Waals surface area (Å²) in [5, 5.41) is 3.49. The highest BCUT2D eigenvalue weighted by atomic mass is 32.2. The van der Waals surface area contributed by atoms with Crippen LogP contribution in [0.3, 0.4) is 0 Å². The maximum Gasteiger partial charge on any atom is 0.0700 e. The van der Waals surface area contributed by atoms with Crippen molar-refractivity contribution in [2.45, 2.75) is 37.7 Å². The molecule has 1 saturated heterocycles. The molecule has 2 nitrogen and oxygen atoms in total. The summed E-state index contributed by atoms with van der Waals surface area (Å²) in [6.45, 7) is 7.34. The lowest BCUT2D eigenvalue weighted by atomic mass is 10.2. The number of nitrogens with one attached hydrogen (secondary N) is 1. The minimum atomic E-state index is 0.454. The SMILES string of the molecule is Cc1ccc(C)c(SCCNCC2CCCO2)c1. The summed E-state index contributed by atoms with van der Waals surface area (Å²) in [6.07, 6.45) is 2.90. The molecule has 0 aliphatic carbocycles. The van der Waals surface area contributed by atoms with Gasteiger partial charge in [0.05, 0.1) is 6.10 Å². The zero-order chi connectivity index (χ0) is 12.8. The number of hydrogen-bond donors (Lipinski definition) is 1. The summed E-state index contributed by atoms with van der Waals surface area (Å²) in [6, 6.07) is 6.66. The molecule has 1 unspecified atom stereocenters. The first-order chi connectivity index (χ1) is 8.75. The third kappa shape index (κ3) is 4.30. The van der Waals surface area contributed by atoms with Crippen molar-refractivity contribution in [1.29, 1.82) is 0 Å². The van der Waals surface area contributed by atoms with E-state index in [1.807, 2.05) is 11.8 Å². The largest absolute Gasteiger partial charge is 0.377 e. The highest BCUT2D eigenvalue weighted by molar-refractivity contribution is 7.99. The fourth-order valence-corrected chi connectivity index (χ4v) is 3.20. The van der Waals surface area contributed by atoms with Crippen LogP contribution in [-0.2, 0) is 4.74 Å². The van der Waals surface area contributed by atoms with Crippen molar-refractivity contribution < 1.29 is 4.74 Å². The first kappa shape index (κ1) is 13.9. The lowest BCUT2D eigenvalue weighted by Crippen LogP contribution is -2.27. The van der Waals surface area contributed by atoms with Gasteiger partial charge in [0, 0.05) is 30.3 Å². The van der Waals surface area contributed by atoms with Crippen LogP contribution in [0.25, 0.3) is 0 Å². The van der Waals surface area contributed by atoms with Crippen LogP contribution in [0, 0.1) is 13.8 Å². The van der Waals surface area contributed by atoms with E-state index in [9.17, 15) is 0 Å². The van der Waals surface area contributed by atoms with Crippen LogP contribution >= 0.6 is 11.8 Å². The average Bonchev–Trinajstić information content (AvgIpc) is 2.86. The monoisotopic (exact) mass is 265 g/mol. The zero-order valence-corrected chi connectivity index (χ0v) is 12.2. The van der Waals surface area contributed by atoms with E-state index in [1.54, 1.807) is 0 Å². The van der Waals surface area contributed by atoms with Gasteiger partial charge < -0.3 is 10.1 Å². The molecule has 0 aromatic heterocycles. The Morgan fingerprint density at radius 1 is 1.39 bits per heavy atom. The van der Waals surface area contributed by atoms with Crippen LogP contribution in [0.1, 0.15) is 24.0 Å². The average molecular weight is 265 g/mol. The number of hydrogen-bond acceptors (Lipinski definition) is 3. The third-order valence-electron chi connectivity index (χ3n) is 3.28. The summed E-state index contributed by atoms with van der Waals surface area (Å²) in [5.74, 6) is 1.12. The van der Waals surface area contributed by atoms with E-state index in [4.69, 9.17) is 4.74 Å². The molecule has 1 fully saturated rings. The van der Waals surface area contributed by atoms with Gasteiger partial charge in [-0.15, -0.1) is 11.8 Å². The highest BCUT2D eigenvalue weighted by Crippen LogP contribution is 2.22. The van der Waals surface area contributed by atoms with E-state index < -0.39 is 0 Å². The van der Waals surface area contributed by atoms with E-state index in [1.165, 1.54) is 28.9 Å². The standard InChI is InChI=1S/C15H23NOS/c1-12-5-6-13(2)15(10-12)18-9-7-16-11-14-4-3-8-17-14/h5-6,10,14,16H,3-4,7-9,11H2,1-2H3. The Bertz CT molecular complexity index is 375. The van der Waals surface area contributed by atoms with Crippen LogP contribution in [-0.4, -0.2) is 31.6 Å². The molecule has 0 bridgehead atoms. The van der Waals surface area contributed by atoms with Crippen LogP contribution in [0.15, 0.2) is 23.1 Å². The van der Waals surface area contributed by atoms with E-state index in [0.717, 1.165) is 25.4 Å². The minimum absolute atomic E-state index is 0.454. The fourth-order valence-electron chi connectivity index (χ4n) is 2.16. The molecule has 0 radical (unpaired) electrons. The van der Waals surface area contributed by atoms with Gasteiger partial charge in [0.1, 0.15) is 0 Å². The molecule has 0 amide bonds. The second kappa shape index (κ2) is 7.17. The first-order valence-electron chi connectivity index (χ1n) is 6.78. The minimum Gasteiger partial charge on any atom is -0.377 e. The van der Waals surface area contributed by atoms with Crippen molar-refractivity contribution in [2.24, 2.45) is 0 Å². The Balaban J connectivity index is 1.64. The molecular formula is C15H23NOS. The molecule has 100 valence electrons. The molecule has 1 N–H and O–H groups in total. The van der Waals surface area contributed by atoms with E-state index in [-0.39, 0.29) is 0 Å². The van der Waals surface area contributed by atoms with Gasteiger partial charge in [-0.1, -0.05) is 17.7 Å². The third-order valence-corrected chi connectivity index (χ3v) is 4.44. The maximum absolute atomic E-state index is 5.58. The summed E-state index contributed by atoms with van der Waals surface area (Å²) < 4.78 is 5.58. The number of thioether (sulfide) groups is 1. The van der Waals surface area contributed by atoms with Gasteiger partial charge >= 0.3 is 0 Å². The Hall–Kier alpha value is -0.510. The first-order valence-corrected chi connectivity index (χ1v) is 7.76. The van der Waals surface area contributed by atoms with Gasteiger partial charge in [0.15, 0.2) is 0 Å². The van der Waals surface area contributed by atoms with Gasteiger partial charge in [0.25, 0.3) is 0 Å². The smallest absolute Gasteiger partial charge is 0.0700 e. The number of benzene rings is 1. The van der Waals surface area contributed by atoms with Crippen molar-refractivity contribution in [1.82, 2.24) is 5.32 Å². The molecule has 1 atom stereocenters. The Kier molecular flexibility index (Phi) is 5.54. The molecule has 1 aliphatic heterocycles. The zero-order valence-electron chi connectivity index (χ0n) is 11.4. The molecule has 0 spiro atoms. The van der Waals surface area contributed by atoms with E-state index in [2.05, 4.69) is 37.4 Å². The predicted molar refractivity (Wildman–Crippen MR) is 78.5 cm³/mol. The molecule has 2 rings (SSSR count). The number of ether oxygens (including phenoxy) is 1. The highest BCUT2D eigenvalue weighted by Gasteiger charge is 2.14. The van der Waals surface area contributed by atoms with Gasteiger partial charge in [-0.25, -0.2) is 0 Å². The second-order valence-corrected chi connectivity index (χ2v) is 6.09. The fraction of sp³-hybridized carbons (Fsp3) is 0.600. The van der Waals surface area contributed by atoms with Crippen molar-refractivity contribution >= 4 is 11.8 Å². The topological polar surface area (TPSA) is 21.3 Å². The second-order valence-electron chi connectivity index (χ2n) is 4.96. The molecule has 1 aromatic carbocycles. The molecule has 1 aliphatic rings. The Morgan fingerprint density at radius 2 is 2.28 bits per heavy atom. The molecule has 0 saturated carbocycles. The summed E-state index contributed by atoms with van der Waals surface area (Å²) >= 11 is 1.94. The summed E-state index contributed by atoms with van der Waals surface area (Å²) in [5.41, 5.74) is 2.72. The van der Waals surface area contributed by atoms with Gasteiger partial charge in [0.2, 0.25) is 0 Å². The molecule has 1 heterocycles. The summed E-state index contributed by atoms with van der Waals surface area (Å²) in [7, 11) is 0. The van der Waals surface area contributed by atoms with Crippen molar-refractivity contribution in [3.63, 3.8) is 0 Å². The number of rotatable bonds is 6. The maximum atomic E-state index is 5.58. The molecule has 3 heteroatoms. The normalized spacial score (nSPS) is 19.3. The Labute approximate surface area is 114 Å².